The first-order valence-electron chi connectivity index (χ1n) is 9.40. The van der Waals surface area contributed by atoms with Crippen LogP contribution in [0.15, 0.2) is 30.3 Å². The summed E-state index contributed by atoms with van der Waals surface area (Å²) in [5.74, 6) is -0.203. The van der Waals surface area contributed by atoms with E-state index in [-0.39, 0.29) is 23.1 Å². The fraction of sp³-hybridized carbons (Fsp3) is 0.364. The Labute approximate surface area is 164 Å². The van der Waals surface area contributed by atoms with Crippen LogP contribution in [0.25, 0.3) is 0 Å². The topological polar surface area (TPSA) is 84.9 Å². The molecule has 2 aromatic carbocycles. The first-order valence-corrected chi connectivity index (χ1v) is 9.40. The van der Waals surface area contributed by atoms with E-state index in [0.717, 1.165) is 11.1 Å². The van der Waals surface area contributed by atoms with Gasteiger partial charge in [-0.1, -0.05) is 39.8 Å². The van der Waals surface area contributed by atoms with E-state index >= 15 is 0 Å². The molecule has 2 N–H and O–H groups in total. The summed E-state index contributed by atoms with van der Waals surface area (Å²) in [7, 11) is 0. The average Bonchev–Trinajstić information content (AvgIpc) is 2.66. The number of carbonyl (C=O) groups is 2. The molecule has 2 aromatic rings. The van der Waals surface area contributed by atoms with E-state index in [4.69, 9.17) is 9.47 Å². The third-order valence-electron chi connectivity index (χ3n) is 4.77. The van der Waals surface area contributed by atoms with Crippen LogP contribution in [0.5, 0.6) is 11.5 Å². The second-order valence-electron chi connectivity index (χ2n) is 7.46. The molecule has 0 aromatic heterocycles. The van der Waals surface area contributed by atoms with Gasteiger partial charge in [-0.25, -0.2) is 4.79 Å². The highest BCUT2D eigenvalue weighted by Gasteiger charge is 2.22. The SMILES string of the molecule is CC(C)c1ccc(C(=O)Nc2cc3c(cc2C(=O)O)OCCO3)c(C(C)C)c1. The highest BCUT2D eigenvalue weighted by molar-refractivity contribution is 6.09. The molecule has 0 spiro atoms. The molecule has 1 amide bonds. The van der Waals surface area contributed by atoms with Gasteiger partial charge in [0.2, 0.25) is 0 Å². The number of anilines is 1. The molecule has 0 atom stereocenters. The molecule has 1 heterocycles. The van der Waals surface area contributed by atoms with E-state index in [1.807, 2.05) is 26.0 Å². The highest BCUT2D eigenvalue weighted by atomic mass is 16.6. The molecule has 3 rings (SSSR count). The number of ether oxygens (including phenoxy) is 2. The Bertz CT molecular complexity index is 917. The Morgan fingerprint density at radius 2 is 1.57 bits per heavy atom. The van der Waals surface area contributed by atoms with Crippen molar-refractivity contribution in [3.05, 3.63) is 52.6 Å². The van der Waals surface area contributed by atoms with Crippen molar-refractivity contribution in [1.29, 1.82) is 0 Å². The van der Waals surface area contributed by atoms with Crippen molar-refractivity contribution in [2.45, 2.75) is 39.5 Å². The van der Waals surface area contributed by atoms with Crippen molar-refractivity contribution in [1.82, 2.24) is 0 Å². The fourth-order valence-electron chi connectivity index (χ4n) is 3.18. The van der Waals surface area contributed by atoms with Gasteiger partial charge >= 0.3 is 5.97 Å². The van der Waals surface area contributed by atoms with E-state index in [1.54, 1.807) is 6.07 Å². The van der Waals surface area contributed by atoms with Gasteiger partial charge in [0.15, 0.2) is 11.5 Å². The fourth-order valence-corrected chi connectivity index (χ4v) is 3.18. The number of amides is 1. The van der Waals surface area contributed by atoms with Gasteiger partial charge in [-0.05, 0) is 29.0 Å². The first kappa shape index (κ1) is 19.7. The van der Waals surface area contributed by atoms with E-state index in [0.29, 0.717) is 36.2 Å². The van der Waals surface area contributed by atoms with Crippen LogP contribution in [0.2, 0.25) is 0 Å². The molecular weight excluding hydrogens is 358 g/mol. The molecule has 6 nitrogen and oxygen atoms in total. The maximum Gasteiger partial charge on any atom is 0.337 e. The van der Waals surface area contributed by atoms with Crippen LogP contribution in [0, 0.1) is 0 Å². The molecule has 6 heteroatoms. The van der Waals surface area contributed by atoms with E-state index in [2.05, 4.69) is 19.2 Å². The van der Waals surface area contributed by atoms with Crippen molar-refractivity contribution in [3.63, 3.8) is 0 Å². The summed E-state index contributed by atoms with van der Waals surface area (Å²) in [6.45, 7) is 9.01. The van der Waals surface area contributed by atoms with Gasteiger partial charge in [0.1, 0.15) is 13.2 Å². The number of benzene rings is 2. The van der Waals surface area contributed by atoms with Gasteiger partial charge in [-0.15, -0.1) is 0 Å². The molecule has 148 valence electrons. The zero-order valence-corrected chi connectivity index (χ0v) is 16.5. The maximum absolute atomic E-state index is 13.0. The van der Waals surface area contributed by atoms with Gasteiger partial charge < -0.3 is 19.9 Å². The first-order chi connectivity index (χ1) is 13.3. The number of rotatable bonds is 5. The Morgan fingerprint density at radius 3 is 2.14 bits per heavy atom. The quantitative estimate of drug-likeness (QED) is 0.785. The molecule has 0 fully saturated rings. The van der Waals surface area contributed by atoms with Crippen molar-refractivity contribution in [2.24, 2.45) is 0 Å². The second-order valence-corrected chi connectivity index (χ2v) is 7.46. The van der Waals surface area contributed by atoms with Crippen LogP contribution in [-0.4, -0.2) is 30.2 Å². The lowest BCUT2D eigenvalue weighted by molar-refractivity contribution is 0.0697. The summed E-state index contributed by atoms with van der Waals surface area (Å²) in [6.07, 6.45) is 0. The van der Waals surface area contributed by atoms with Gasteiger partial charge in [0.05, 0.1) is 11.3 Å². The number of carboxylic acids is 1. The van der Waals surface area contributed by atoms with Gasteiger partial charge in [-0.2, -0.15) is 0 Å². The lowest BCUT2D eigenvalue weighted by Crippen LogP contribution is -2.20. The molecule has 0 aliphatic carbocycles. The minimum atomic E-state index is -1.15. The van der Waals surface area contributed by atoms with Crippen LogP contribution in [-0.2, 0) is 0 Å². The van der Waals surface area contributed by atoms with Crippen LogP contribution in [0.1, 0.15) is 71.4 Å². The smallest absolute Gasteiger partial charge is 0.337 e. The summed E-state index contributed by atoms with van der Waals surface area (Å²) < 4.78 is 11.0. The van der Waals surface area contributed by atoms with E-state index in [9.17, 15) is 14.7 Å². The zero-order chi connectivity index (χ0) is 20.4. The summed E-state index contributed by atoms with van der Waals surface area (Å²) >= 11 is 0. The predicted molar refractivity (Wildman–Crippen MR) is 107 cm³/mol. The lowest BCUT2D eigenvalue weighted by atomic mass is 9.91. The lowest BCUT2D eigenvalue weighted by Gasteiger charge is -2.21. The average molecular weight is 383 g/mol. The van der Waals surface area contributed by atoms with Crippen molar-refractivity contribution in [3.8, 4) is 11.5 Å². The molecule has 0 saturated heterocycles. The normalized spacial score (nSPS) is 12.9. The monoisotopic (exact) mass is 383 g/mol. The highest BCUT2D eigenvalue weighted by Crippen LogP contribution is 2.36. The third kappa shape index (κ3) is 3.96. The Kier molecular flexibility index (Phi) is 5.58. The maximum atomic E-state index is 13.0. The van der Waals surface area contributed by atoms with Crippen molar-refractivity contribution < 1.29 is 24.2 Å². The summed E-state index contributed by atoms with van der Waals surface area (Å²) in [5, 5.41) is 12.3. The van der Waals surface area contributed by atoms with Crippen LogP contribution < -0.4 is 14.8 Å². The van der Waals surface area contributed by atoms with E-state index < -0.39 is 5.97 Å². The molecule has 1 aliphatic rings. The third-order valence-corrected chi connectivity index (χ3v) is 4.77. The minimum Gasteiger partial charge on any atom is -0.486 e. The van der Waals surface area contributed by atoms with Gasteiger partial charge in [0.25, 0.3) is 5.91 Å². The van der Waals surface area contributed by atoms with Crippen LogP contribution in [0.4, 0.5) is 5.69 Å². The minimum absolute atomic E-state index is 0.0394. The Morgan fingerprint density at radius 1 is 0.929 bits per heavy atom. The molecule has 0 radical (unpaired) electrons. The summed E-state index contributed by atoms with van der Waals surface area (Å²) in [5.41, 5.74) is 2.77. The van der Waals surface area contributed by atoms with Crippen molar-refractivity contribution in [2.75, 3.05) is 18.5 Å². The van der Waals surface area contributed by atoms with Crippen LogP contribution >= 0.6 is 0 Å². The second kappa shape index (κ2) is 7.92. The number of fused-ring (bicyclic) bond motifs is 1. The zero-order valence-electron chi connectivity index (χ0n) is 16.5. The Hall–Kier alpha value is -3.02. The number of aromatic carboxylic acids is 1. The molecule has 0 unspecified atom stereocenters. The molecule has 28 heavy (non-hydrogen) atoms. The van der Waals surface area contributed by atoms with Gasteiger partial charge in [-0.3, -0.25) is 4.79 Å². The van der Waals surface area contributed by atoms with Crippen LogP contribution in [0.3, 0.4) is 0 Å². The molecule has 0 bridgehead atoms. The molecule has 1 aliphatic heterocycles. The van der Waals surface area contributed by atoms with E-state index in [1.165, 1.54) is 12.1 Å². The largest absolute Gasteiger partial charge is 0.486 e. The number of hydrogen-bond acceptors (Lipinski definition) is 4. The van der Waals surface area contributed by atoms with Gasteiger partial charge in [0, 0.05) is 17.7 Å². The Balaban J connectivity index is 1.98. The number of nitrogens with one attached hydrogen (secondary N) is 1. The standard InChI is InChI=1S/C22H25NO5/c1-12(2)14-5-6-15(16(9-14)13(3)4)21(24)23-18-11-20-19(27-7-8-28-20)10-17(18)22(25)26/h5-6,9-13H,7-8H2,1-4H3,(H,23,24)(H,25,26). The summed E-state index contributed by atoms with van der Waals surface area (Å²) in [4.78, 5) is 24.7. The number of hydrogen-bond donors (Lipinski definition) is 2. The molecule has 0 saturated carbocycles. The summed E-state index contributed by atoms with van der Waals surface area (Å²) in [6, 6.07) is 8.68. The number of carbonyl (C=O) groups excluding carboxylic acids is 1. The van der Waals surface area contributed by atoms with Crippen molar-refractivity contribution >= 4 is 17.6 Å². The molecular formula is C22H25NO5. The predicted octanol–water partition coefficient (Wildman–Crippen LogP) is 4.66. The number of carboxylic acid groups (broad SMARTS) is 1.